The van der Waals surface area contributed by atoms with E-state index in [2.05, 4.69) is 42.4 Å². The molecule has 0 unspecified atom stereocenters. The monoisotopic (exact) mass is 450 g/mol. The first kappa shape index (κ1) is 16.5. The van der Waals surface area contributed by atoms with Crippen molar-refractivity contribution in [3.63, 3.8) is 0 Å². The van der Waals surface area contributed by atoms with Gasteiger partial charge in [-0.05, 0) is 46.3 Å². The van der Waals surface area contributed by atoms with Crippen LogP contribution in [0.25, 0.3) is 0 Å². The van der Waals surface area contributed by atoms with E-state index in [4.69, 9.17) is 16.3 Å². The van der Waals surface area contributed by atoms with Crippen LogP contribution in [0, 0.1) is 0 Å². The Morgan fingerprint density at radius 1 is 1.38 bits per heavy atom. The van der Waals surface area contributed by atoms with Gasteiger partial charge in [-0.15, -0.1) is 11.3 Å². The number of nitrogens with zero attached hydrogens (tertiary/aromatic N) is 1. The first-order valence-electron chi connectivity index (χ1n) is 5.69. The molecule has 1 aromatic heterocycles. The van der Waals surface area contributed by atoms with Crippen LogP contribution in [0.3, 0.4) is 0 Å². The molecule has 0 aliphatic carbocycles. The van der Waals surface area contributed by atoms with Crippen molar-refractivity contribution >= 4 is 66.9 Å². The van der Waals surface area contributed by atoms with Gasteiger partial charge in [-0.3, -0.25) is 4.79 Å². The predicted octanol–water partition coefficient (Wildman–Crippen LogP) is 4.46. The van der Waals surface area contributed by atoms with Crippen LogP contribution in [0.1, 0.15) is 4.88 Å². The Morgan fingerprint density at radius 3 is 2.86 bits per heavy atom. The summed E-state index contributed by atoms with van der Waals surface area (Å²) in [6.45, 7) is -0.122. The number of amides is 1. The summed E-state index contributed by atoms with van der Waals surface area (Å²) in [6, 6.07) is 9.02. The molecule has 0 atom stereocenters. The van der Waals surface area contributed by atoms with Crippen molar-refractivity contribution in [3.8, 4) is 5.75 Å². The number of thiophene rings is 1. The summed E-state index contributed by atoms with van der Waals surface area (Å²) in [7, 11) is 0. The number of rotatable bonds is 5. The molecule has 0 saturated heterocycles. The fourth-order valence-electron chi connectivity index (χ4n) is 1.33. The summed E-state index contributed by atoms with van der Waals surface area (Å²) >= 11 is 13.9. The number of hydrogen-bond donors (Lipinski definition) is 1. The van der Waals surface area contributed by atoms with E-state index in [0.29, 0.717) is 10.1 Å². The van der Waals surface area contributed by atoms with Crippen molar-refractivity contribution in [1.29, 1.82) is 0 Å². The fourth-order valence-corrected chi connectivity index (χ4v) is 3.43. The number of nitrogens with one attached hydrogen (secondary N) is 1. The molecule has 0 spiro atoms. The molecule has 1 amide bonds. The van der Waals surface area contributed by atoms with E-state index < -0.39 is 0 Å². The summed E-state index contributed by atoms with van der Waals surface area (Å²) in [4.78, 5) is 12.5. The third kappa shape index (κ3) is 5.43. The standard InChI is InChI=1S/C13H9Br2ClN2O2S/c14-8-1-3-11(10(15)5-8)20-7-13(19)18-17-6-9-2-4-12(16)21-9/h1-6H,7H2,(H,18,19)/b17-6+. The summed E-state index contributed by atoms with van der Waals surface area (Å²) < 4.78 is 7.75. The molecule has 21 heavy (non-hydrogen) atoms. The Bertz CT molecular complexity index is 676. The number of carbonyl (C=O) groups excluding carboxylic acids is 1. The van der Waals surface area contributed by atoms with E-state index >= 15 is 0 Å². The lowest BCUT2D eigenvalue weighted by Crippen LogP contribution is -2.24. The van der Waals surface area contributed by atoms with Gasteiger partial charge in [0.15, 0.2) is 6.61 Å². The summed E-state index contributed by atoms with van der Waals surface area (Å²) in [6.07, 6.45) is 1.53. The van der Waals surface area contributed by atoms with Crippen LogP contribution in [0.2, 0.25) is 4.34 Å². The molecule has 1 heterocycles. The molecule has 1 N–H and O–H groups in total. The highest BCUT2D eigenvalue weighted by atomic mass is 79.9. The van der Waals surface area contributed by atoms with Gasteiger partial charge in [0.1, 0.15) is 5.75 Å². The van der Waals surface area contributed by atoms with E-state index in [1.165, 1.54) is 17.6 Å². The van der Waals surface area contributed by atoms with Gasteiger partial charge < -0.3 is 4.74 Å². The lowest BCUT2D eigenvalue weighted by molar-refractivity contribution is -0.123. The minimum Gasteiger partial charge on any atom is -0.483 e. The van der Waals surface area contributed by atoms with Crippen LogP contribution < -0.4 is 10.2 Å². The van der Waals surface area contributed by atoms with Gasteiger partial charge in [0.05, 0.1) is 15.0 Å². The van der Waals surface area contributed by atoms with Crippen molar-refractivity contribution < 1.29 is 9.53 Å². The molecule has 0 fully saturated rings. The average Bonchev–Trinajstić information content (AvgIpc) is 2.83. The Hall–Kier alpha value is -0.890. The summed E-state index contributed by atoms with van der Waals surface area (Å²) in [5.41, 5.74) is 2.39. The molecule has 0 aliphatic heterocycles. The largest absolute Gasteiger partial charge is 0.483 e. The second-order valence-corrected chi connectivity index (χ2v) is 7.32. The second kappa shape index (κ2) is 7.93. The van der Waals surface area contributed by atoms with Crippen molar-refractivity contribution in [2.45, 2.75) is 0 Å². The molecule has 4 nitrogen and oxygen atoms in total. The van der Waals surface area contributed by atoms with Crippen molar-refractivity contribution in [2.24, 2.45) is 5.10 Å². The quantitative estimate of drug-likeness (QED) is 0.538. The first-order chi connectivity index (χ1) is 10.0. The average molecular weight is 453 g/mol. The molecule has 2 rings (SSSR count). The van der Waals surface area contributed by atoms with E-state index in [-0.39, 0.29) is 12.5 Å². The predicted molar refractivity (Wildman–Crippen MR) is 92.4 cm³/mol. The topological polar surface area (TPSA) is 50.7 Å². The van der Waals surface area contributed by atoms with E-state index in [9.17, 15) is 4.79 Å². The van der Waals surface area contributed by atoms with Gasteiger partial charge in [-0.1, -0.05) is 27.5 Å². The highest BCUT2D eigenvalue weighted by Gasteiger charge is 2.05. The van der Waals surface area contributed by atoms with Gasteiger partial charge in [-0.25, -0.2) is 5.43 Å². The Labute approximate surface area is 147 Å². The van der Waals surface area contributed by atoms with Crippen molar-refractivity contribution in [3.05, 3.63) is 48.5 Å². The van der Waals surface area contributed by atoms with Gasteiger partial charge >= 0.3 is 0 Å². The first-order valence-corrected chi connectivity index (χ1v) is 8.48. The summed E-state index contributed by atoms with van der Waals surface area (Å²) in [5.74, 6) is 0.242. The van der Waals surface area contributed by atoms with E-state index in [1.807, 2.05) is 18.2 Å². The molecule has 1 aromatic carbocycles. The SMILES string of the molecule is O=C(COc1ccc(Br)cc1Br)N/N=C/c1ccc(Cl)s1. The molecule has 0 saturated carbocycles. The third-order valence-corrected chi connectivity index (χ3v) is 4.51. The zero-order chi connectivity index (χ0) is 15.2. The molecule has 0 aliphatic rings. The van der Waals surface area contributed by atoms with Crippen molar-refractivity contribution in [2.75, 3.05) is 6.61 Å². The maximum atomic E-state index is 11.6. The van der Waals surface area contributed by atoms with Crippen LogP contribution in [0.15, 0.2) is 44.4 Å². The normalized spacial score (nSPS) is 10.8. The Balaban J connectivity index is 1.81. The maximum Gasteiger partial charge on any atom is 0.277 e. The lowest BCUT2D eigenvalue weighted by Gasteiger charge is -2.07. The van der Waals surface area contributed by atoms with Crippen molar-refractivity contribution in [1.82, 2.24) is 5.43 Å². The molecule has 8 heteroatoms. The fraction of sp³-hybridized carbons (Fsp3) is 0.0769. The number of hydrogen-bond acceptors (Lipinski definition) is 4. The number of carbonyl (C=O) groups is 1. The van der Waals surface area contributed by atoms with E-state index in [0.717, 1.165) is 13.8 Å². The number of ether oxygens (including phenoxy) is 1. The van der Waals surface area contributed by atoms with Crippen LogP contribution in [-0.2, 0) is 4.79 Å². The van der Waals surface area contributed by atoms with Gasteiger partial charge in [0, 0.05) is 9.35 Å². The van der Waals surface area contributed by atoms with Crippen LogP contribution in [-0.4, -0.2) is 18.7 Å². The van der Waals surface area contributed by atoms with Crippen LogP contribution >= 0.6 is 54.8 Å². The van der Waals surface area contributed by atoms with E-state index in [1.54, 1.807) is 12.1 Å². The maximum absolute atomic E-state index is 11.6. The zero-order valence-corrected chi connectivity index (χ0v) is 15.2. The van der Waals surface area contributed by atoms with Gasteiger partial charge in [0.2, 0.25) is 0 Å². The molecule has 0 bridgehead atoms. The molecular weight excluding hydrogens is 443 g/mol. The number of benzene rings is 1. The lowest BCUT2D eigenvalue weighted by atomic mass is 10.3. The highest BCUT2D eigenvalue weighted by Crippen LogP contribution is 2.28. The molecular formula is C13H9Br2ClN2O2S. The van der Waals surface area contributed by atoms with Gasteiger partial charge in [-0.2, -0.15) is 5.10 Å². The second-order valence-electron chi connectivity index (χ2n) is 3.80. The van der Waals surface area contributed by atoms with Gasteiger partial charge in [0.25, 0.3) is 5.91 Å². The smallest absolute Gasteiger partial charge is 0.277 e. The molecule has 2 aromatic rings. The number of hydrazone groups is 1. The minimum absolute atomic E-state index is 0.122. The van der Waals surface area contributed by atoms with Crippen LogP contribution in [0.4, 0.5) is 0 Å². The van der Waals surface area contributed by atoms with Crippen LogP contribution in [0.5, 0.6) is 5.75 Å². The molecule has 0 radical (unpaired) electrons. The zero-order valence-electron chi connectivity index (χ0n) is 10.5. The minimum atomic E-state index is -0.344. The highest BCUT2D eigenvalue weighted by molar-refractivity contribution is 9.11. The summed E-state index contributed by atoms with van der Waals surface area (Å²) in [5, 5.41) is 3.83. The number of halogens is 3. The Morgan fingerprint density at radius 2 is 2.19 bits per heavy atom. The Kier molecular flexibility index (Phi) is 6.22. The molecule has 110 valence electrons. The third-order valence-electron chi connectivity index (χ3n) is 2.23.